The number of ether oxygens (including phenoxy) is 1. The molecule has 1 N–H and O–H groups in total. The SMILES string of the molecule is CCC(Nc1ccc(N(C)C)c(Cl)c1)C(=O)OC. The van der Waals surface area contributed by atoms with Gasteiger partial charge in [0.15, 0.2) is 0 Å². The molecule has 1 aromatic rings. The van der Waals surface area contributed by atoms with E-state index in [0.717, 1.165) is 11.4 Å². The second-order valence-electron chi connectivity index (χ2n) is 4.19. The van der Waals surface area contributed by atoms with E-state index < -0.39 is 0 Å². The molecule has 1 aromatic carbocycles. The zero-order chi connectivity index (χ0) is 13.7. The smallest absolute Gasteiger partial charge is 0.328 e. The van der Waals surface area contributed by atoms with E-state index in [1.165, 1.54) is 7.11 Å². The molecule has 1 atom stereocenters. The number of rotatable bonds is 5. The van der Waals surface area contributed by atoms with Gasteiger partial charge < -0.3 is 15.0 Å². The third-order valence-corrected chi connectivity index (χ3v) is 2.97. The van der Waals surface area contributed by atoms with Crippen LogP contribution in [0.5, 0.6) is 0 Å². The molecular weight excluding hydrogens is 252 g/mol. The van der Waals surface area contributed by atoms with Crippen LogP contribution < -0.4 is 10.2 Å². The lowest BCUT2D eigenvalue weighted by atomic mass is 10.2. The summed E-state index contributed by atoms with van der Waals surface area (Å²) in [4.78, 5) is 13.4. The van der Waals surface area contributed by atoms with Crippen molar-refractivity contribution in [3.8, 4) is 0 Å². The number of nitrogens with one attached hydrogen (secondary N) is 1. The molecular formula is C13H19ClN2O2. The lowest BCUT2D eigenvalue weighted by Crippen LogP contribution is -2.29. The van der Waals surface area contributed by atoms with E-state index in [1.807, 2.05) is 44.1 Å². The molecule has 0 radical (unpaired) electrons. The lowest BCUT2D eigenvalue weighted by molar-refractivity contribution is -0.141. The average molecular weight is 271 g/mol. The van der Waals surface area contributed by atoms with Gasteiger partial charge in [-0.05, 0) is 24.6 Å². The third-order valence-electron chi connectivity index (χ3n) is 2.66. The Morgan fingerprint density at radius 2 is 2.17 bits per heavy atom. The quantitative estimate of drug-likeness (QED) is 0.836. The molecule has 4 nitrogen and oxygen atoms in total. The van der Waals surface area contributed by atoms with Crippen LogP contribution in [0.2, 0.25) is 5.02 Å². The normalized spacial score (nSPS) is 11.8. The predicted molar refractivity (Wildman–Crippen MR) is 75.5 cm³/mol. The summed E-state index contributed by atoms with van der Waals surface area (Å²) in [7, 11) is 5.24. The fourth-order valence-corrected chi connectivity index (χ4v) is 1.98. The van der Waals surface area contributed by atoms with Gasteiger partial charge in [0.05, 0.1) is 17.8 Å². The number of carbonyl (C=O) groups excluding carboxylic acids is 1. The molecule has 1 rings (SSSR count). The molecule has 0 fully saturated rings. The highest BCUT2D eigenvalue weighted by atomic mass is 35.5. The Morgan fingerprint density at radius 1 is 1.50 bits per heavy atom. The van der Waals surface area contributed by atoms with Crippen molar-refractivity contribution >= 4 is 28.9 Å². The van der Waals surface area contributed by atoms with Gasteiger partial charge in [-0.3, -0.25) is 0 Å². The Hall–Kier alpha value is -1.42. The fourth-order valence-electron chi connectivity index (χ4n) is 1.63. The molecule has 0 aliphatic heterocycles. The molecule has 0 aromatic heterocycles. The minimum atomic E-state index is -0.351. The number of carbonyl (C=O) groups is 1. The van der Waals surface area contributed by atoms with Crippen molar-refractivity contribution in [2.24, 2.45) is 0 Å². The van der Waals surface area contributed by atoms with Crippen molar-refractivity contribution in [3.05, 3.63) is 23.2 Å². The van der Waals surface area contributed by atoms with Crippen LogP contribution in [-0.4, -0.2) is 33.2 Å². The van der Waals surface area contributed by atoms with Crippen LogP contribution in [0.15, 0.2) is 18.2 Å². The standard InChI is InChI=1S/C13H19ClN2O2/c1-5-11(13(17)18-4)15-9-6-7-12(16(2)3)10(14)8-9/h6-8,11,15H,5H2,1-4H3. The Morgan fingerprint density at radius 3 is 2.61 bits per heavy atom. The molecule has 0 bridgehead atoms. The largest absolute Gasteiger partial charge is 0.467 e. The number of nitrogens with zero attached hydrogens (tertiary/aromatic N) is 1. The van der Waals surface area contributed by atoms with Gasteiger partial charge in [-0.25, -0.2) is 4.79 Å². The van der Waals surface area contributed by atoms with Crippen LogP contribution in [-0.2, 0) is 9.53 Å². The Labute approximate surface area is 113 Å². The first-order chi connectivity index (χ1) is 8.49. The van der Waals surface area contributed by atoms with Crippen LogP contribution >= 0.6 is 11.6 Å². The van der Waals surface area contributed by atoms with E-state index in [9.17, 15) is 4.79 Å². The summed E-state index contributed by atoms with van der Waals surface area (Å²) in [6.07, 6.45) is 0.653. The van der Waals surface area contributed by atoms with Crippen LogP contribution in [0.25, 0.3) is 0 Å². The van der Waals surface area contributed by atoms with Gasteiger partial charge in [-0.2, -0.15) is 0 Å². The fraction of sp³-hybridized carbons (Fsp3) is 0.462. The highest BCUT2D eigenvalue weighted by Crippen LogP contribution is 2.27. The topological polar surface area (TPSA) is 41.6 Å². The van der Waals surface area contributed by atoms with Gasteiger partial charge in [-0.1, -0.05) is 18.5 Å². The Kier molecular flexibility index (Phi) is 5.28. The van der Waals surface area contributed by atoms with Gasteiger partial charge in [0, 0.05) is 19.8 Å². The molecule has 18 heavy (non-hydrogen) atoms. The van der Waals surface area contributed by atoms with E-state index in [1.54, 1.807) is 0 Å². The maximum absolute atomic E-state index is 11.5. The second-order valence-corrected chi connectivity index (χ2v) is 4.60. The summed E-state index contributed by atoms with van der Waals surface area (Å²) in [5, 5.41) is 3.75. The number of anilines is 2. The lowest BCUT2D eigenvalue weighted by Gasteiger charge is -2.18. The zero-order valence-electron chi connectivity index (χ0n) is 11.2. The number of esters is 1. The maximum Gasteiger partial charge on any atom is 0.328 e. The molecule has 0 saturated carbocycles. The number of hydrogen-bond donors (Lipinski definition) is 1. The predicted octanol–water partition coefficient (Wildman–Crippen LogP) is 2.77. The molecule has 0 aliphatic carbocycles. The highest BCUT2D eigenvalue weighted by molar-refractivity contribution is 6.33. The van der Waals surface area contributed by atoms with Crippen LogP contribution in [0.4, 0.5) is 11.4 Å². The first-order valence-corrected chi connectivity index (χ1v) is 6.18. The first kappa shape index (κ1) is 14.6. The van der Waals surface area contributed by atoms with Gasteiger partial charge in [0.1, 0.15) is 6.04 Å². The third kappa shape index (κ3) is 3.53. The highest BCUT2D eigenvalue weighted by Gasteiger charge is 2.16. The van der Waals surface area contributed by atoms with E-state index in [2.05, 4.69) is 5.32 Å². The van der Waals surface area contributed by atoms with Crippen molar-refractivity contribution in [2.75, 3.05) is 31.4 Å². The van der Waals surface area contributed by atoms with Gasteiger partial charge in [0.2, 0.25) is 0 Å². The molecule has 100 valence electrons. The van der Waals surface area contributed by atoms with E-state index >= 15 is 0 Å². The number of benzene rings is 1. The second kappa shape index (κ2) is 6.50. The summed E-state index contributed by atoms with van der Waals surface area (Å²) in [5.41, 5.74) is 1.75. The monoisotopic (exact) mass is 270 g/mol. The number of halogens is 1. The zero-order valence-corrected chi connectivity index (χ0v) is 11.9. The van der Waals surface area contributed by atoms with Crippen molar-refractivity contribution in [1.82, 2.24) is 0 Å². The van der Waals surface area contributed by atoms with Crippen LogP contribution in [0.3, 0.4) is 0 Å². The molecule has 0 aliphatic rings. The van der Waals surface area contributed by atoms with E-state index in [-0.39, 0.29) is 12.0 Å². The molecule has 0 spiro atoms. The molecule has 5 heteroatoms. The number of methoxy groups -OCH3 is 1. The van der Waals surface area contributed by atoms with Crippen LogP contribution in [0.1, 0.15) is 13.3 Å². The van der Waals surface area contributed by atoms with Gasteiger partial charge >= 0.3 is 5.97 Å². The summed E-state index contributed by atoms with van der Waals surface area (Å²) < 4.78 is 4.72. The summed E-state index contributed by atoms with van der Waals surface area (Å²) in [6.45, 7) is 1.92. The Balaban J connectivity index is 2.85. The van der Waals surface area contributed by atoms with Crippen molar-refractivity contribution in [3.63, 3.8) is 0 Å². The minimum absolute atomic E-state index is 0.273. The minimum Gasteiger partial charge on any atom is -0.467 e. The van der Waals surface area contributed by atoms with Crippen molar-refractivity contribution in [1.29, 1.82) is 0 Å². The molecule has 0 amide bonds. The van der Waals surface area contributed by atoms with Crippen molar-refractivity contribution < 1.29 is 9.53 Å². The molecule has 0 heterocycles. The Bertz CT molecular complexity index is 421. The van der Waals surface area contributed by atoms with E-state index in [0.29, 0.717) is 11.4 Å². The average Bonchev–Trinajstić information content (AvgIpc) is 2.34. The molecule has 0 saturated heterocycles. The van der Waals surface area contributed by atoms with Crippen LogP contribution in [0, 0.1) is 0 Å². The summed E-state index contributed by atoms with van der Waals surface area (Å²) in [6, 6.07) is 5.26. The summed E-state index contributed by atoms with van der Waals surface area (Å²) in [5.74, 6) is -0.273. The van der Waals surface area contributed by atoms with Gasteiger partial charge in [0.25, 0.3) is 0 Å². The maximum atomic E-state index is 11.5. The van der Waals surface area contributed by atoms with E-state index in [4.69, 9.17) is 16.3 Å². The van der Waals surface area contributed by atoms with Crippen molar-refractivity contribution in [2.45, 2.75) is 19.4 Å². The first-order valence-electron chi connectivity index (χ1n) is 5.80. The number of hydrogen-bond acceptors (Lipinski definition) is 4. The van der Waals surface area contributed by atoms with Gasteiger partial charge in [-0.15, -0.1) is 0 Å². The summed E-state index contributed by atoms with van der Waals surface area (Å²) >= 11 is 6.17. The molecule has 1 unspecified atom stereocenters.